The van der Waals surface area contributed by atoms with Crippen LogP contribution in [0.5, 0.6) is 0 Å². The van der Waals surface area contributed by atoms with Crippen molar-refractivity contribution in [3.63, 3.8) is 0 Å². The van der Waals surface area contributed by atoms with Crippen LogP contribution in [0.15, 0.2) is 91.0 Å². The fourth-order valence-electron chi connectivity index (χ4n) is 3.53. The zero-order valence-corrected chi connectivity index (χ0v) is 13.5. The average molecular weight is 316 g/mol. The highest BCUT2D eigenvalue weighted by molar-refractivity contribution is 5.39. The Kier molecular flexibility index (Phi) is 4.16. The number of ether oxygens (including phenoxy) is 2. The molecule has 1 aliphatic rings. The van der Waals surface area contributed by atoms with E-state index in [-0.39, 0.29) is 6.10 Å². The van der Waals surface area contributed by atoms with Crippen LogP contribution >= 0.6 is 0 Å². The molecule has 0 bridgehead atoms. The maximum absolute atomic E-state index is 6.28. The Morgan fingerprint density at radius 1 is 0.708 bits per heavy atom. The molecule has 3 aromatic rings. The van der Waals surface area contributed by atoms with Gasteiger partial charge in [-0.05, 0) is 16.7 Å². The van der Waals surface area contributed by atoms with Crippen molar-refractivity contribution in [1.29, 1.82) is 0 Å². The molecule has 0 spiro atoms. The van der Waals surface area contributed by atoms with E-state index >= 15 is 0 Å². The van der Waals surface area contributed by atoms with Crippen LogP contribution in [0.4, 0.5) is 0 Å². The molecule has 1 aliphatic heterocycles. The molecule has 4 rings (SSSR count). The van der Waals surface area contributed by atoms with Crippen LogP contribution in [0.3, 0.4) is 0 Å². The van der Waals surface area contributed by atoms with Crippen molar-refractivity contribution in [2.75, 3.05) is 6.79 Å². The van der Waals surface area contributed by atoms with E-state index in [1.807, 2.05) is 18.2 Å². The van der Waals surface area contributed by atoms with E-state index in [2.05, 4.69) is 72.8 Å². The Hall–Kier alpha value is -2.42. The number of hydrogen-bond acceptors (Lipinski definition) is 2. The summed E-state index contributed by atoms with van der Waals surface area (Å²) in [7, 11) is 0. The lowest BCUT2D eigenvalue weighted by Crippen LogP contribution is -2.39. The number of hydrogen-bond donors (Lipinski definition) is 0. The molecule has 2 heteroatoms. The van der Waals surface area contributed by atoms with Crippen LogP contribution in [0.2, 0.25) is 0 Å². The maximum Gasteiger partial charge on any atom is 0.149 e. The molecular formula is C22H20O2. The molecule has 0 saturated carbocycles. The molecule has 1 heterocycles. The van der Waals surface area contributed by atoms with Crippen LogP contribution in [-0.2, 0) is 21.5 Å². The SMILES string of the molecule is c1ccc(CC2OCOC2(c2ccccc2)c2ccccc2)cc1. The predicted molar refractivity (Wildman–Crippen MR) is 94.6 cm³/mol. The Bertz CT molecular complexity index is 729. The lowest BCUT2D eigenvalue weighted by Gasteiger charge is -2.34. The van der Waals surface area contributed by atoms with Crippen molar-refractivity contribution in [2.24, 2.45) is 0 Å². The van der Waals surface area contributed by atoms with E-state index in [9.17, 15) is 0 Å². The summed E-state index contributed by atoms with van der Waals surface area (Å²) in [6.07, 6.45) is 0.745. The zero-order valence-electron chi connectivity index (χ0n) is 13.5. The second-order valence-corrected chi connectivity index (χ2v) is 6.07. The van der Waals surface area contributed by atoms with E-state index in [1.165, 1.54) is 5.56 Å². The second kappa shape index (κ2) is 6.60. The fourth-order valence-corrected chi connectivity index (χ4v) is 3.53. The highest BCUT2D eigenvalue weighted by atomic mass is 16.7. The van der Waals surface area contributed by atoms with Crippen LogP contribution in [-0.4, -0.2) is 12.9 Å². The van der Waals surface area contributed by atoms with Gasteiger partial charge in [0, 0.05) is 6.42 Å². The summed E-state index contributed by atoms with van der Waals surface area (Å²) in [5.74, 6) is 0. The van der Waals surface area contributed by atoms with Gasteiger partial charge in [-0.3, -0.25) is 0 Å². The molecule has 0 N–H and O–H groups in total. The van der Waals surface area contributed by atoms with Crippen molar-refractivity contribution in [3.05, 3.63) is 108 Å². The van der Waals surface area contributed by atoms with Crippen LogP contribution in [0, 0.1) is 0 Å². The first kappa shape index (κ1) is 15.1. The third-order valence-corrected chi connectivity index (χ3v) is 4.68. The van der Waals surface area contributed by atoms with E-state index in [4.69, 9.17) is 9.47 Å². The summed E-state index contributed by atoms with van der Waals surface area (Å²) in [6, 6.07) is 31.2. The van der Waals surface area contributed by atoms with Gasteiger partial charge in [0.1, 0.15) is 18.5 Å². The fraction of sp³-hybridized carbons (Fsp3) is 0.182. The molecule has 0 aliphatic carbocycles. The second-order valence-electron chi connectivity index (χ2n) is 6.07. The number of benzene rings is 3. The standard InChI is InChI=1S/C22H20O2/c1-4-10-18(11-5-1)16-21-22(24-17-23-21,19-12-6-2-7-13-19)20-14-8-3-9-15-20/h1-15,21H,16-17H2. The van der Waals surface area contributed by atoms with Crippen molar-refractivity contribution in [2.45, 2.75) is 18.1 Å². The molecule has 1 saturated heterocycles. The highest BCUT2D eigenvalue weighted by Gasteiger charge is 2.48. The lowest BCUT2D eigenvalue weighted by molar-refractivity contribution is 0.0113. The van der Waals surface area contributed by atoms with E-state index in [0.717, 1.165) is 17.5 Å². The van der Waals surface area contributed by atoms with Gasteiger partial charge in [0.2, 0.25) is 0 Å². The smallest absolute Gasteiger partial charge is 0.149 e. The summed E-state index contributed by atoms with van der Waals surface area (Å²) in [4.78, 5) is 0. The first-order valence-corrected chi connectivity index (χ1v) is 8.30. The minimum absolute atomic E-state index is 0.0651. The Balaban J connectivity index is 1.80. The molecule has 3 aromatic carbocycles. The Morgan fingerprint density at radius 3 is 1.75 bits per heavy atom. The molecule has 24 heavy (non-hydrogen) atoms. The predicted octanol–water partition coefficient (Wildman–Crippen LogP) is 4.55. The van der Waals surface area contributed by atoms with Gasteiger partial charge >= 0.3 is 0 Å². The van der Waals surface area contributed by atoms with Gasteiger partial charge < -0.3 is 9.47 Å². The third-order valence-electron chi connectivity index (χ3n) is 4.68. The molecule has 120 valence electrons. The van der Waals surface area contributed by atoms with Gasteiger partial charge in [-0.15, -0.1) is 0 Å². The summed E-state index contributed by atoms with van der Waals surface area (Å²) in [5, 5.41) is 0. The van der Waals surface area contributed by atoms with Gasteiger partial charge in [0.25, 0.3) is 0 Å². The monoisotopic (exact) mass is 316 g/mol. The van der Waals surface area contributed by atoms with Gasteiger partial charge in [0.05, 0.1) is 0 Å². The van der Waals surface area contributed by atoms with Gasteiger partial charge in [-0.2, -0.15) is 0 Å². The summed E-state index contributed by atoms with van der Waals surface area (Å²) < 4.78 is 12.3. The minimum atomic E-state index is -0.571. The van der Waals surface area contributed by atoms with Crippen LogP contribution < -0.4 is 0 Å². The summed E-state index contributed by atoms with van der Waals surface area (Å²) >= 11 is 0. The molecule has 1 atom stereocenters. The number of rotatable bonds is 4. The Morgan fingerprint density at radius 2 is 1.21 bits per heavy atom. The van der Waals surface area contributed by atoms with Crippen molar-refractivity contribution < 1.29 is 9.47 Å². The maximum atomic E-state index is 6.28. The van der Waals surface area contributed by atoms with Gasteiger partial charge in [-0.1, -0.05) is 91.0 Å². The highest BCUT2D eigenvalue weighted by Crippen LogP contribution is 2.43. The van der Waals surface area contributed by atoms with Crippen LogP contribution in [0.25, 0.3) is 0 Å². The zero-order chi connectivity index (χ0) is 16.2. The topological polar surface area (TPSA) is 18.5 Å². The molecule has 0 radical (unpaired) electrons. The summed E-state index contributed by atoms with van der Waals surface area (Å²) in [5.41, 5.74) is 2.95. The van der Waals surface area contributed by atoms with Crippen molar-refractivity contribution in [1.82, 2.24) is 0 Å². The quantitative estimate of drug-likeness (QED) is 0.703. The van der Waals surface area contributed by atoms with Gasteiger partial charge in [-0.25, -0.2) is 0 Å². The molecule has 0 amide bonds. The van der Waals surface area contributed by atoms with Crippen molar-refractivity contribution in [3.8, 4) is 0 Å². The molecule has 1 unspecified atom stereocenters. The first-order valence-electron chi connectivity index (χ1n) is 8.30. The summed E-state index contributed by atoms with van der Waals surface area (Å²) in [6.45, 7) is 0.307. The molecule has 2 nitrogen and oxygen atoms in total. The molecule has 1 fully saturated rings. The average Bonchev–Trinajstić information content (AvgIpc) is 3.08. The Labute approximate surface area is 142 Å². The first-order chi connectivity index (χ1) is 11.9. The normalized spacial score (nSPS) is 19.2. The van der Waals surface area contributed by atoms with E-state index in [1.54, 1.807) is 0 Å². The van der Waals surface area contributed by atoms with Crippen molar-refractivity contribution >= 4 is 0 Å². The van der Waals surface area contributed by atoms with E-state index in [0.29, 0.717) is 6.79 Å². The lowest BCUT2D eigenvalue weighted by atomic mass is 9.79. The minimum Gasteiger partial charge on any atom is -0.348 e. The largest absolute Gasteiger partial charge is 0.348 e. The van der Waals surface area contributed by atoms with Crippen LogP contribution in [0.1, 0.15) is 16.7 Å². The molecular weight excluding hydrogens is 296 g/mol. The molecule has 0 aromatic heterocycles. The third kappa shape index (κ3) is 2.64. The van der Waals surface area contributed by atoms with Gasteiger partial charge in [0.15, 0.2) is 0 Å². The van der Waals surface area contributed by atoms with E-state index < -0.39 is 5.60 Å².